The number of hydrogen-bond donors (Lipinski definition) is 1. The SMILES string of the molecule is COc1ccc(C=CC(=O)c2ccc(OC)c3c2OC(C)(C)C=C3)cc1NS(=O)(=O)Cc1ccccc1. The summed E-state index contributed by atoms with van der Waals surface area (Å²) < 4.78 is 45.0. The number of ether oxygens (including phenoxy) is 3. The number of rotatable bonds is 9. The predicted molar refractivity (Wildman–Crippen MR) is 146 cm³/mol. The molecule has 0 amide bonds. The predicted octanol–water partition coefficient (Wildman–Crippen LogP) is 5.73. The topological polar surface area (TPSA) is 90.9 Å². The van der Waals surface area contributed by atoms with E-state index in [1.165, 1.54) is 13.2 Å². The highest BCUT2D eigenvalue weighted by molar-refractivity contribution is 7.91. The zero-order valence-corrected chi connectivity index (χ0v) is 22.0. The Balaban J connectivity index is 1.59. The van der Waals surface area contributed by atoms with E-state index in [-0.39, 0.29) is 17.2 Å². The molecule has 0 aromatic heterocycles. The number of ketones is 1. The molecule has 1 aliphatic heterocycles. The molecule has 3 aromatic carbocycles. The second-order valence-electron chi connectivity index (χ2n) is 9.10. The first-order valence-electron chi connectivity index (χ1n) is 11.6. The summed E-state index contributed by atoms with van der Waals surface area (Å²) in [5.41, 5.74) is 2.11. The van der Waals surface area contributed by atoms with E-state index in [1.54, 1.807) is 67.8 Å². The normalized spacial score (nSPS) is 14.1. The number of carbonyl (C=O) groups is 1. The lowest BCUT2D eigenvalue weighted by Crippen LogP contribution is -2.28. The van der Waals surface area contributed by atoms with Gasteiger partial charge < -0.3 is 14.2 Å². The van der Waals surface area contributed by atoms with Gasteiger partial charge in [-0.25, -0.2) is 8.42 Å². The van der Waals surface area contributed by atoms with Crippen LogP contribution in [0, 0.1) is 0 Å². The quantitative estimate of drug-likeness (QED) is 0.287. The molecule has 0 fully saturated rings. The highest BCUT2D eigenvalue weighted by atomic mass is 32.2. The van der Waals surface area contributed by atoms with Crippen molar-refractivity contribution in [2.45, 2.75) is 25.2 Å². The minimum absolute atomic E-state index is 0.178. The maximum atomic E-state index is 13.2. The Morgan fingerprint density at radius 2 is 1.70 bits per heavy atom. The maximum Gasteiger partial charge on any atom is 0.237 e. The molecule has 0 aliphatic carbocycles. The zero-order chi connectivity index (χ0) is 26.6. The van der Waals surface area contributed by atoms with Crippen LogP contribution in [0.5, 0.6) is 17.2 Å². The average molecular weight is 520 g/mol. The number of allylic oxidation sites excluding steroid dienone is 1. The van der Waals surface area contributed by atoms with Crippen molar-refractivity contribution in [3.63, 3.8) is 0 Å². The van der Waals surface area contributed by atoms with Crippen LogP contribution in [0.15, 0.2) is 72.8 Å². The number of methoxy groups -OCH3 is 2. The van der Waals surface area contributed by atoms with Crippen molar-refractivity contribution in [3.8, 4) is 17.2 Å². The van der Waals surface area contributed by atoms with E-state index >= 15 is 0 Å². The van der Waals surface area contributed by atoms with Gasteiger partial charge >= 0.3 is 0 Å². The Labute approximate surface area is 217 Å². The third-order valence-electron chi connectivity index (χ3n) is 5.77. The first-order valence-corrected chi connectivity index (χ1v) is 13.3. The van der Waals surface area contributed by atoms with Crippen molar-refractivity contribution in [3.05, 3.63) is 95.1 Å². The summed E-state index contributed by atoms with van der Waals surface area (Å²) in [5.74, 6) is 1.01. The van der Waals surface area contributed by atoms with Gasteiger partial charge in [-0.3, -0.25) is 9.52 Å². The van der Waals surface area contributed by atoms with Crippen molar-refractivity contribution >= 4 is 33.6 Å². The highest BCUT2D eigenvalue weighted by Gasteiger charge is 2.27. The molecule has 0 saturated heterocycles. The summed E-state index contributed by atoms with van der Waals surface area (Å²) >= 11 is 0. The molecule has 0 unspecified atom stereocenters. The van der Waals surface area contributed by atoms with Gasteiger partial charge in [-0.2, -0.15) is 0 Å². The molecular weight excluding hydrogens is 490 g/mol. The number of sulfonamides is 1. The second kappa shape index (κ2) is 10.5. The van der Waals surface area contributed by atoms with Crippen LogP contribution in [0.25, 0.3) is 12.2 Å². The second-order valence-corrected chi connectivity index (χ2v) is 10.8. The molecule has 7 nitrogen and oxygen atoms in total. The number of anilines is 1. The van der Waals surface area contributed by atoms with Crippen LogP contribution in [0.1, 0.15) is 40.9 Å². The summed E-state index contributed by atoms with van der Waals surface area (Å²) in [6.45, 7) is 3.82. The third kappa shape index (κ3) is 6.21. The van der Waals surface area contributed by atoms with Gasteiger partial charge in [0.05, 0.1) is 36.8 Å². The molecule has 3 aromatic rings. The molecule has 1 heterocycles. The van der Waals surface area contributed by atoms with Gasteiger partial charge in [-0.05, 0) is 67.5 Å². The third-order valence-corrected chi connectivity index (χ3v) is 7.02. The van der Waals surface area contributed by atoms with Gasteiger partial charge in [0, 0.05) is 0 Å². The smallest absolute Gasteiger partial charge is 0.237 e. The molecule has 192 valence electrons. The van der Waals surface area contributed by atoms with E-state index in [0.29, 0.717) is 39.5 Å². The van der Waals surface area contributed by atoms with Crippen LogP contribution in [0.2, 0.25) is 0 Å². The fourth-order valence-corrected chi connectivity index (χ4v) is 5.17. The molecule has 37 heavy (non-hydrogen) atoms. The fraction of sp³-hybridized carbons (Fsp3) is 0.207. The van der Waals surface area contributed by atoms with E-state index in [1.807, 2.05) is 32.1 Å². The van der Waals surface area contributed by atoms with Crippen LogP contribution in [0.3, 0.4) is 0 Å². The number of hydrogen-bond acceptors (Lipinski definition) is 6. The minimum Gasteiger partial charge on any atom is -0.496 e. The van der Waals surface area contributed by atoms with Gasteiger partial charge in [-0.15, -0.1) is 0 Å². The van der Waals surface area contributed by atoms with Crippen LogP contribution < -0.4 is 18.9 Å². The summed E-state index contributed by atoms with van der Waals surface area (Å²) in [7, 11) is -0.661. The summed E-state index contributed by atoms with van der Waals surface area (Å²) in [6, 6.07) is 17.3. The molecule has 0 saturated carbocycles. The van der Waals surface area contributed by atoms with Crippen LogP contribution in [0.4, 0.5) is 5.69 Å². The fourth-order valence-electron chi connectivity index (χ4n) is 3.97. The first-order chi connectivity index (χ1) is 17.6. The Hall–Kier alpha value is -4.04. The molecule has 0 bridgehead atoms. The molecule has 1 N–H and O–H groups in total. The number of benzene rings is 3. The monoisotopic (exact) mass is 519 g/mol. The van der Waals surface area contributed by atoms with Crippen molar-refractivity contribution in [2.75, 3.05) is 18.9 Å². The molecule has 0 radical (unpaired) electrons. The summed E-state index contributed by atoms with van der Waals surface area (Å²) in [6.07, 6.45) is 6.87. The standard InChI is InChI=1S/C29H29NO6S/c1-29(2)17-16-23-26(34-3)15-12-22(28(23)36-29)25(31)13-10-20-11-14-27(35-4)24(18-20)30-37(32,33)19-21-8-6-5-7-9-21/h5-18,30H,19H2,1-4H3. The zero-order valence-electron chi connectivity index (χ0n) is 21.1. The Morgan fingerprint density at radius 3 is 2.41 bits per heavy atom. The summed E-state index contributed by atoms with van der Waals surface area (Å²) in [4.78, 5) is 13.2. The van der Waals surface area contributed by atoms with Gasteiger partial charge in [-0.1, -0.05) is 42.5 Å². The van der Waals surface area contributed by atoms with Gasteiger partial charge in [0.1, 0.15) is 22.8 Å². The largest absolute Gasteiger partial charge is 0.496 e. The molecule has 1 aliphatic rings. The molecular formula is C29H29NO6S. The van der Waals surface area contributed by atoms with E-state index in [0.717, 1.165) is 0 Å². The molecule has 4 rings (SSSR count). The Morgan fingerprint density at radius 1 is 1.00 bits per heavy atom. The number of nitrogens with one attached hydrogen (secondary N) is 1. The van der Waals surface area contributed by atoms with Crippen molar-refractivity contribution in [1.29, 1.82) is 0 Å². The van der Waals surface area contributed by atoms with Crippen LogP contribution >= 0.6 is 0 Å². The Kier molecular flexibility index (Phi) is 7.40. The lowest BCUT2D eigenvalue weighted by Gasteiger charge is -2.29. The molecule has 0 atom stereocenters. The average Bonchev–Trinajstić information content (AvgIpc) is 2.86. The van der Waals surface area contributed by atoms with Crippen molar-refractivity contribution in [1.82, 2.24) is 0 Å². The minimum atomic E-state index is -3.70. The first kappa shape index (κ1) is 26.0. The van der Waals surface area contributed by atoms with E-state index in [2.05, 4.69) is 4.72 Å². The van der Waals surface area contributed by atoms with Gasteiger partial charge in [0.15, 0.2) is 5.78 Å². The highest BCUT2D eigenvalue weighted by Crippen LogP contribution is 2.40. The maximum absolute atomic E-state index is 13.2. The van der Waals surface area contributed by atoms with Crippen molar-refractivity contribution in [2.24, 2.45) is 0 Å². The van der Waals surface area contributed by atoms with Crippen LogP contribution in [-0.4, -0.2) is 34.0 Å². The van der Waals surface area contributed by atoms with E-state index < -0.39 is 15.6 Å². The van der Waals surface area contributed by atoms with Crippen molar-refractivity contribution < 1.29 is 27.4 Å². The lowest BCUT2D eigenvalue weighted by atomic mass is 9.97. The van der Waals surface area contributed by atoms with Gasteiger partial charge in [0.25, 0.3) is 0 Å². The van der Waals surface area contributed by atoms with Gasteiger partial charge in [0.2, 0.25) is 10.0 Å². The molecule has 0 spiro atoms. The summed E-state index contributed by atoms with van der Waals surface area (Å²) in [5, 5.41) is 0. The number of fused-ring (bicyclic) bond motifs is 1. The van der Waals surface area contributed by atoms with E-state index in [9.17, 15) is 13.2 Å². The lowest BCUT2D eigenvalue weighted by molar-refractivity contribution is 0.103. The number of carbonyl (C=O) groups excluding carboxylic acids is 1. The van der Waals surface area contributed by atoms with E-state index in [4.69, 9.17) is 14.2 Å². The van der Waals surface area contributed by atoms with Crippen LogP contribution in [-0.2, 0) is 15.8 Å². The molecule has 8 heteroatoms. The Bertz CT molecular complexity index is 1470.